The summed E-state index contributed by atoms with van der Waals surface area (Å²) in [5.74, 6) is -1.10. The van der Waals surface area contributed by atoms with Gasteiger partial charge in [-0.05, 0) is 42.6 Å². The highest BCUT2D eigenvalue weighted by Gasteiger charge is 2.46. The molecule has 0 unspecified atom stereocenters. The maximum atomic E-state index is 13.0. The van der Waals surface area contributed by atoms with Crippen molar-refractivity contribution in [2.45, 2.75) is 26.0 Å². The summed E-state index contributed by atoms with van der Waals surface area (Å²) in [4.78, 5) is 28.6. The van der Waals surface area contributed by atoms with Crippen LogP contribution in [0.2, 0.25) is 10.0 Å². The summed E-state index contributed by atoms with van der Waals surface area (Å²) in [6.45, 7) is 2.02. The Kier molecular flexibility index (Phi) is 6.14. The zero-order valence-electron chi connectivity index (χ0n) is 16.2. The molecule has 1 saturated heterocycles. The molecule has 1 amide bonds. The average Bonchev–Trinajstić information content (AvgIpc) is 3.35. The summed E-state index contributed by atoms with van der Waals surface area (Å²) in [5, 5.41) is 2.90. The van der Waals surface area contributed by atoms with Crippen molar-refractivity contribution in [2.75, 3.05) is 4.90 Å². The fraction of sp³-hybridized carbons (Fsp3) is 0.217. The molecule has 4 rings (SSSR count). The normalized spacial score (nSPS) is 18.6. The molecule has 2 aromatic carbocycles. The molecular weight excluding hydrogens is 441 g/mol. The fourth-order valence-electron chi connectivity index (χ4n) is 3.64. The van der Waals surface area contributed by atoms with Gasteiger partial charge >= 0.3 is 5.97 Å². The summed E-state index contributed by atoms with van der Waals surface area (Å²) in [6.07, 6.45) is 0.101. The Labute approximate surface area is 189 Å². The van der Waals surface area contributed by atoms with Crippen LogP contribution >= 0.6 is 34.5 Å². The lowest BCUT2D eigenvalue weighted by Gasteiger charge is -2.27. The molecule has 30 heavy (non-hydrogen) atoms. The predicted octanol–water partition coefficient (Wildman–Crippen LogP) is 6.20. The molecule has 0 saturated carbocycles. The van der Waals surface area contributed by atoms with Gasteiger partial charge in [0, 0.05) is 32.6 Å². The molecule has 7 heteroatoms. The summed E-state index contributed by atoms with van der Waals surface area (Å²) < 4.78 is 5.57. The first kappa shape index (κ1) is 20.9. The molecule has 0 radical (unpaired) electrons. The fourth-order valence-corrected chi connectivity index (χ4v) is 4.98. The van der Waals surface area contributed by atoms with Crippen molar-refractivity contribution in [3.63, 3.8) is 0 Å². The largest absolute Gasteiger partial charge is 0.460 e. The van der Waals surface area contributed by atoms with Crippen LogP contribution in [0, 0.1) is 12.8 Å². The van der Waals surface area contributed by atoms with Crippen LogP contribution in [0.1, 0.15) is 28.5 Å². The summed E-state index contributed by atoms with van der Waals surface area (Å²) >= 11 is 13.6. The number of amides is 1. The Morgan fingerprint density at radius 1 is 1.17 bits per heavy atom. The number of carbonyl (C=O) groups is 2. The zero-order chi connectivity index (χ0) is 21.3. The molecule has 4 nitrogen and oxygen atoms in total. The van der Waals surface area contributed by atoms with E-state index in [0.717, 1.165) is 16.1 Å². The van der Waals surface area contributed by atoms with Gasteiger partial charge in [0.1, 0.15) is 6.61 Å². The van der Waals surface area contributed by atoms with E-state index in [1.807, 2.05) is 48.7 Å². The Hall–Kier alpha value is -2.34. The highest BCUT2D eigenvalue weighted by Crippen LogP contribution is 2.43. The SMILES string of the molecule is Cc1ccc(N2C(=O)C[C@H](C(=O)OCc3ccc(Cl)cc3Cl)[C@H]2c2cccs2)cc1. The second-order valence-corrected chi connectivity index (χ2v) is 9.04. The number of nitrogens with zero attached hydrogens (tertiary/aromatic N) is 1. The Morgan fingerprint density at radius 3 is 2.60 bits per heavy atom. The predicted molar refractivity (Wildman–Crippen MR) is 120 cm³/mol. The third kappa shape index (κ3) is 4.24. The minimum Gasteiger partial charge on any atom is -0.460 e. The van der Waals surface area contributed by atoms with Gasteiger partial charge in [-0.3, -0.25) is 9.59 Å². The summed E-state index contributed by atoms with van der Waals surface area (Å²) in [7, 11) is 0. The van der Waals surface area contributed by atoms with Crippen LogP contribution in [0.3, 0.4) is 0 Å². The molecule has 1 fully saturated rings. The van der Waals surface area contributed by atoms with Gasteiger partial charge in [0.15, 0.2) is 0 Å². The van der Waals surface area contributed by atoms with Crippen LogP contribution in [0.15, 0.2) is 60.0 Å². The number of hydrogen-bond donors (Lipinski definition) is 0. The van der Waals surface area contributed by atoms with Crippen molar-refractivity contribution in [1.29, 1.82) is 0 Å². The molecular formula is C23H19Cl2NO3S. The number of aryl methyl sites for hydroxylation is 1. The minimum atomic E-state index is -0.594. The number of anilines is 1. The van der Waals surface area contributed by atoms with Crippen LogP contribution in [0.5, 0.6) is 0 Å². The third-order valence-corrected chi connectivity index (χ3v) is 6.69. The van der Waals surface area contributed by atoms with E-state index in [-0.39, 0.29) is 18.9 Å². The van der Waals surface area contributed by atoms with Crippen LogP contribution in [0.25, 0.3) is 0 Å². The summed E-state index contributed by atoms with van der Waals surface area (Å²) in [6, 6.07) is 16.3. The minimum absolute atomic E-state index is 0.0290. The lowest BCUT2D eigenvalue weighted by Crippen LogP contribution is -2.30. The van der Waals surface area contributed by atoms with Crippen LogP contribution < -0.4 is 4.90 Å². The van der Waals surface area contributed by atoms with Crippen LogP contribution in [0.4, 0.5) is 5.69 Å². The second-order valence-electron chi connectivity index (χ2n) is 7.21. The molecule has 154 valence electrons. The lowest BCUT2D eigenvalue weighted by molar-refractivity contribution is -0.150. The van der Waals surface area contributed by atoms with Gasteiger partial charge < -0.3 is 9.64 Å². The molecule has 3 aromatic rings. The van der Waals surface area contributed by atoms with Crippen molar-refractivity contribution in [2.24, 2.45) is 5.92 Å². The van der Waals surface area contributed by atoms with E-state index >= 15 is 0 Å². The molecule has 2 atom stereocenters. The van der Waals surface area contributed by atoms with Gasteiger partial charge in [-0.1, -0.05) is 53.0 Å². The Bertz CT molecular complexity index is 1070. The molecule has 2 heterocycles. The number of carbonyl (C=O) groups excluding carboxylic acids is 2. The lowest BCUT2D eigenvalue weighted by atomic mass is 9.98. The van der Waals surface area contributed by atoms with Gasteiger partial charge in [-0.2, -0.15) is 0 Å². The molecule has 1 aliphatic heterocycles. The van der Waals surface area contributed by atoms with Crippen LogP contribution in [-0.2, 0) is 20.9 Å². The number of hydrogen-bond acceptors (Lipinski definition) is 4. The third-order valence-electron chi connectivity index (χ3n) is 5.16. The first-order valence-corrected chi connectivity index (χ1v) is 11.1. The van der Waals surface area contributed by atoms with E-state index in [4.69, 9.17) is 27.9 Å². The topological polar surface area (TPSA) is 46.6 Å². The first-order valence-electron chi connectivity index (χ1n) is 9.47. The van der Waals surface area contributed by atoms with E-state index in [9.17, 15) is 9.59 Å². The van der Waals surface area contributed by atoms with Gasteiger partial charge in [0.05, 0.1) is 12.0 Å². The van der Waals surface area contributed by atoms with Crippen molar-refractivity contribution in [3.05, 3.63) is 86.0 Å². The molecule has 0 aliphatic carbocycles. The monoisotopic (exact) mass is 459 g/mol. The highest BCUT2D eigenvalue weighted by atomic mass is 35.5. The number of thiophene rings is 1. The Balaban J connectivity index is 1.59. The zero-order valence-corrected chi connectivity index (χ0v) is 18.5. The number of ether oxygens (including phenoxy) is 1. The molecule has 0 spiro atoms. The maximum Gasteiger partial charge on any atom is 0.312 e. The quantitative estimate of drug-likeness (QED) is 0.426. The summed E-state index contributed by atoms with van der Waals surface area (Å²) in [5.41, 5.74) is 2.55. The number of benzene rings is 2. The van der Waals surface area contributed by atoms with Crippen molar-refractivity contribution >= 4 is 52.1 Å². The second kappa shape index (κ2) is 8.80. The Morgan fingerprint density at radius 2 is 1.93 bits per heavy atom. The highest BCUT2D eigenvalue weighted by molar-refractivity contribution is 7.10. The number of halogens is 2. The van der Waals surface area contributed by atoms with Crippen molar-refractivity contribution in [1.82, 2.24) is 0 Å². The first-order chi connectivity index (χ1) is 14.4. The molecule has 1 aliphatic rings. The van der Waals surface area contributed by atoms with E-state index in [1.165, 1.54) is 11.3 Å². The maximum absolute atomic E-state index is 13.0. The van der Waals surface area contributed by atoms with Crippen molar-refractivity contribution in [3.8, 4) is 0 Å². The van der Waals surface area contributed by atoms with Crippen molar-refractivity contribution < 1.29 is 14.3 Å². The number of esters is 1. The van der Waals surface area contributed by atoms with E-state index in [0.29, 0.717) is 15.6 Å². The standard InChI is InChI=1S/C23H19Cl2NO3S/c1-14-4-8-17(9-5-14)26-21(27)12-18(22(26)20-3-2-10-30-20)23(28)29-13-15-6-7-16(24)11-19(15)25/h2-11,18,22H,12-13H2,1H3/t18-,22-/m0/s1. The molecule has 0 bridgehead atoms. The van der Waals surface area contributed by atoms with Gasteiger partial charge in [-0.25, -0.2) is 0 Å². The van der Waals surface area contributed by atoms with E-state index < -0.39 is 17.9 Å². The van der Waals surface area contributed by atoms with E-state index in [2.05, 4.69) is 0 Å². The average molecular weight is 460 g/mol. The van der Waals surface area contributed by atoms with Gasteiger partial charge in [0.25, 0.3) is 0 Å². The van der Waals surface area contributed by atoms with E-state index in [1.54, 1.807) is 23.1 Å². The molecule has 0 N–H and O–H groups in total. The van der Waals surface area contributed by atoms with Gasteiger partial charge in [-0.15, -0.1) is 11.3 Å². The smallest absolute Gasteiger partial charge is 0.312 e. The number of rotatable bonds is 5. The van der Waals surface area contributed by atoms with Crippen LogP contribution in [-0.4, -0.2) is 11.9 Å². The molecule has 1 aromatic heterocycles. The van der Waals surface area contributed by atoms with Gasteiger partial charge in [0.2, 0.25) is 5.91 Å².